The van der Waals surface area contributed by atoms with E-state index in [0.29, 0.717) is 12.5 Å². The second kappa shape index (κ2) is 12.2. The molecule has 1 aromatic rings. The highest BCUT2D eigenvalue weighted by Crippen LogP contribution is 2.13. The van der Waals surface area contributed by atoms with Crippen LogP contribution in [0.15, 0.2) is 29.3 Å². The van der Waals surface area contributed by atoms with Crippen LogP contribution in [0.3, 0.4) is 0 Å². The summed E-state index contributed by atoms with van der Waals surface area (Å²) >= 11 is 0. The molecule has 1 unspecified atom stereocenters. The Morgan fingerprint density at radius 3 is 2.74 bits per heavy atom. The standard InChI is InChI=1S/C17H28N4O.HI/c1-4-6-10-19-17(18)20-12-14-8-7-9-15(11-14)21-16(22)13(3)5-2;/h7-9,11,13H,4-6,10,12H2,1-3H3,(H,21,22)(H3,18,19,20);1H. The monoisotopic (exact) mass is 432 g/mol. The molecule has 4 N–H and O–H groups in total. The van der Waals surface area contributed by atoms with Gasteiger partial charge < -0.3 is 16.4 Å². The van der Waals surface area contributed by atoms with Crippen molar-refractivity contribution in [2.45, 2.75) is 46.6 Å². The van der Waals surface area contributed by atoms with Gasteiger partial charge in [-0.05, 0) is 30.5 Å². The summed E-state index contributed by atoms with van der Waals surface area (Å²) in [5.41, 5.74) is 7.63. The number of carbonyl (C=O) groups excluding carboxylic acids is 1. The van der Waals surface area contributed by atoms with Gasteiger partial charge in [-0.2, -0.15) is 0 Å². The molecule has 23 heavy (non-hydrogen) atoms. The van der Waals surface area contributed by atoms with Gasteiger partial charge in [0.2, 0.25) is 5.91 Å². The largest absolute Gasteiger partial charge is 0.370 e. The number of nitrogens with two attached hydrogens (primary N) is 1. The zero-order valence-corrected chi connectivity index (χ0v) is 16.6. The molecule has 0 aromatic heterocycles. The van der Waals surface area contributed by atoms with Crippen LogP contribution < -0.4 is 16.4 Å². The van der Waals surface area contributed by atoms with Crippen molar-refractivity contribution in [3.63, 3.8) is 0 Å². The summed E-state index contributed by atoms with van der Waals surface area (Å²) in [7, 11) is 0. The van der Waals surface area contributed by atoms with Crippen molar-refractivity contribution in [3.8, 4) is 0 Å². The van der Waals surface area contributed by atoms with E-state index in [1.165, 1.54) is 0 Å². The number of aliphatic imine (C=N–C) groups is 1. The van der Waals surface area contributed by atoms with Crippen molar-refractivity contribution in [1.82, 2.24) is 5.32 Å². The molecule has 0 aliphatic rings. The number of hydrogen-bond acceptors (Lipinski definition) is 2. The van der Waals surface area contributed by atoms with Gasteiger partial charge in [0.25, 0.3) is 0 Å². The summed E-state index contributed by atoms with van der Waals surface area (Å²) in [6.07, 6.45) is 3.03. The summed E-state index contributed by atoms with van der Waals surface area (Å²) < 4.78 is 0. The Hall–Kier alpha value is -1.31. The molecular weight excluding hydrogens is 403 g/mol. The van der Waals surface area contributed by atoms with Crippen LogP contribution in [0, 0.1) is 5.92 Å². The Morgan fingerprint density at radius 2 is 2.09 bits per heavy atom. The lowest BCUT2D eigenvalue weighted by atomic mass is 10.1. The molecule has 0 spiro atoms. The van der Waals surface area contributed by atoms with E-state index in [4.69, 9.17) is 5.73 Å². The van der Waals surface area contributed by atoms with Crippen LogP contribution >= 0.6 is 24.0 Å². The number of benzene rings is 1. The van der Waals surface area contributed by atoms with Gasteiger partial charge in [-0.3, -0.25) is 4.79 Å². The van der Waals surface area contributed by atoms with E-state index in [2.05, 4.69) is 22.5 Å². The Morgan fingerprint density at radius 1 is 1.35 bits per heavy atom. The van der Waals surface area contributed by atoms with Crippen molar-refractivity contribution in [2.75, 3.05) is 11.9 Å². The lowest BCUT2D eigenvalue weighted by molar-refractivity contribution is -0.119. The predicted molar refractivity (Wildman–Crippen MR) is 108 cm³/mol. The third-order valence-corrected chi connectivity index (χ3v) is 3.52. The maximum Gasteiger partial charge on any atom is 0.227 e. The maximum absolute atomic E-state index is 11.9. The van der Waals surface area contributed by atoms with Crippen LogP contribution in [-0.2, 0) is 11.3 Å². The van der Waals surface area contributed by atoms with Crippen molar-refractivity contribution in [3.05, 3.63) is 29.8 Å². The average Bonchev–Trinajstić information content (AvgIpc) is 2.52. The summed E-state index contributed by atoms with van der Waals surface area (Å²) in [5.74, 6) is 0.520. The van der Waals surface area contributed by atoms with E-state index in [1.807, 2.05) is 38.1 Å². The number of guanidine groups is 1. The molecule has 5 nitrogen and oxygen atoms in total. The first-order valence-electron chi connectivity index (χ1n) is 8.00. The molecule has 0 heterocycles. The highest BCUT2D eigenvalue weighted by molar-refractivity contribution is 14.0. The lowest BCUT2D eigenvalue weighted by Gasteiger charge is -2.11. The zero-order chi connectivity index (χ0) is 16.4. The molecule has 0 saturated heterocycles. The van der Waals surface area contributed by atoms with E-state index < -0.39 is 0 Å². The normalized spacial score (nSPS) is 12.2. The van der Waals surface area contributed by atoms with Crippen LogP contribution in [-0.4, -0.2) is 18.4 Å². The summed E-state index contributed by atoms with van der Waals surface area (Å²) in [5, 5.41) is 6.01. The number of rotatable bonds is 8. The Kier molecular flexibility index (Phi) is 11.5. The zero-order valence-electron chi connectivity index (χ0n) is 14.3. The van der Waals surface area contributed by atoms with Gasteiger partial charge in [-0.1, -0.05) is 39.3 Å². The van der Waals surface area contributed by atoms with E-state index in [9.17, 15) is 4.79 Å². The van der Waals surface area contributed by atoms with Gasteiger partial charge in [0.05, 0.1) is 6.54 Å². The highest BCUT2D eigenvalue weighted by Gasteiger charge is 2.10. The molecule has 1 aromatic carbocycles. The number of hydrogen-bond donors (Lipinski definition) is 3. The minimum Gasteiger partial charge on any atom is -0.370 e. The minimum atomic E-state index is 0. The number of nitrogens with zero attached hydrogens (tertiary/aromatic N) is 1. The Labute approximate surface area is 156 Å². The fourth-order valence-corrected chi connectivity index (χ4v) is 1.82. The van der Waals surface area contributed by atoms with E-state index in [-0.39, 0.29) is 35.8 Å². The number of amides is 1. The van der Waals surface area contributed by atoms with Gasteiger partial charge in [-0.15, -0.1) is 24.0 Å². The summed E-state index contributed by atoms with van der Waals surface area (Å²) in [6.45, 7) is 7.40. The Balaban J connectivity index is 0.00000484. The maximum atomic E-state index is 11.9. The van der Waals surface area contributed by atoms with Crippen LogP contribution in [0.5, 0.6) is 0 Å². The fraction of sp³-hybridized carbons (Fsp3) is 0.529. The first kappa shape index (κ1) is 21.7. The molecule has 0 saturated carbocycles. The number of unbranched alkanes of at least 4 members (excludes halogenated alkanes) is 1. The molecule has 1 amide bonds. The second-order valence-corrected chi connectivity index (χ2v) is 5.48. The van der Waals surface area contributed by atoms with E-state index >= 15 is 0 Å². The van der Waals surface area contributed by atoms with Crippen molar-refractivity contribution in [1.29, 1.82) is 0 Å². The third kappa shape index (κ3) is 8.78. The minimum absolute atomic E-state index is 0. The van der Waals surface area contributed by atoms with Gasteiger partial charge in [-0.25, -0.2) is 4.99 Å². The van der Waals surface area contributed by atoms with Crippen molar-refractivity contribution < 1.29 is 4.79 Å². The van der Waals surface area contributed by atoms with Crippen LogP contribution in [0.2, 0.25) is 0 Å². The summed E-state index contributed by atoms with van der Waals surface area (Å²) in [4.78, 5) is 16.2. The highest BCUT2D eigenvalue weighted by atomic mass is 127. The van der Waals surface area contributed by atoms with Gasteiger partial charge in [0, 0.05) is 18.2 Å². The van der Waals surface area contributed by atoms with Gasteiger partial charge in [0.15, 0.2) is 5.96 Å². The predicted octanol–water partition coefficient (Wildman–Crippen LogP) is 3.49. The lowest BCUT2D eigenvalue weighted by Crippen LogP contribution is -2.32. The molecule has 0 radical (unpaired) electrons. The second-order valence-electron chi connectivity index (χ2n) is 5.48. The molecule has 0 fully saturated rings. The van der Waals surface area contributed by atoms with E-state index in [1.54, 1.807) is 0 Å². The number of carbonyl (C=O) groups is 1. The SMILES string of the molecule is CCCCNC(N)=NCc1cccc(NC(=O)C(C)CC)c1.I. The van der Waals surface area contributed by atoms with Gasteiger partial charge >= 0.3 is 0 Å². The van der Waals surface area contributed by atoms with Gasteiger partial charge in [0.1, 0.15) is 0 Å². The smallest absolute Gasteiger partial charge is 0.227 e. The van der Waals surface area contributed by atoms with Crippen molar-refractivity contribution in [2.24, 2.45) is 16.6 Å². The number of halogens is 1. The third-order valence-electron chi connectivity index (χ3n) is 3.52. The van der Waals surface area contributed by atoms with Crippen LogP contribution in [0.1, 0.15) is 45.6 Å². The fourth-order valence-electron chi connectivity index (χ4n) is 1.82. The first-order valence-corrected chi connectivity index (χ1v) is 8.00. The molecule has 1 rings (SSSR count). The molecule has 0 aliphatic carbocycles. The molecule has 0 aliphatic heterocycles. The molecule has 0 bridgehead atoms. The van der Waals surface area contributed by atoms with Crippen LogP contribution in [0.4, 0.5) is 5.69 Å². The molecular formula is C17H29IN4O. The van der Waals surface area contributed by atoms with E-state index in [0.717, 1.165) is 37.1 Å². The molecule has 130 valence electrons. The van der Waals surface area contributed by atoms with Crippen molar-refractivity contribution >= 4 is 41.5 Å². The number of nitrogens with one attached hydrogen (secondary N) is 2. The average molecular weight is 432 g/mol. The van der Waals surface area contributed by atoms with Crippen LogP contribution in [0.25, 0.3) is 0 Å². The Bertz CT molecular complexity index is 505. The molecule has 6 heteroatoms. The molecule has 1 atom stereocenters. The quantitative estimate of drug-likeness (QED) is 0.255. The summed E-state index contributed by atoms with van der Waals surface area (Å²) in [6, 6.07) is 7.71. The topological polar surface area (TPSA) is 79.5 Å². The first-order chi connectivity index (χ1) is 10.6. The number of anilines is 1.